The Morgan fingerprint density at radius 1 is 0.939 bits per heavy atom. The van der Waals surface area contributed by atoms with Crippen LogP contribution in [0.15, 0.2) is 71.6 Å². The minimum atomic E-state index is -0.484. The Labute approximate surface area is 196 Å². The molecule has 172 valence electrons. The van der Waals surface area contributed by atoms with Gasteiger partial charge in [0.1, 0.15) is 22.9 Å². The number of carbonyl (C=O) groups is 2. The van der Waals surface area contributed by atoms with Crippen LogP contribution in [0.5, 0.6) is 11.5 Å². The van der Waals surface area contributed by atoms with Crippen LogP contribution < -0.4 is 20.1 Å². The zero-order chi connectivity index (χ0) is 23.8. The number of hydrogen-bond donors (Lipinski definition) is 2. The highest BCUT2D eigenvalue weighted by atomic mass is 32.2. The van der Waals surface area contributed by atoms with Crippen LogP contribution in [0.4, 0.5) is 15.8 Å². The number of rotatable bonds is 9. The third-order valence-electron chi connectivity index (χ3n) is 4.82. The molecule has 0 aliphatic heterocycles. The van der Waals surface area contributed by atoms with E-state index in [-0.39, 0.29) is 23.1 Å². The number of methoxy groups -OCH3 is 2. The lowest BCUT2D eigenvalue weighted by atomic mass is 10.1. The van der Waals surface area contributed by atoms with Gasteiger partial charge in [0.15, 0.2) is 0 Å². The van der Waals surface area contributed by atoms with Gasteiger partial charge in [0, 0.05) is 10.6 Å². The minimum absolute atomic E-state index is 0.147. The molecule has 1 atom stereocenters. The lowest BCUT2D eigenvalue weighted by molar-refractivity contribution is -0.115. The summed E-state index contributed by atoms with van der Waals surface area (Å²) in [5, 5.41) is 5.06. The summed E-state index contributed by atoms with van der Waals surface area (Å²) in [6, 6.07) is 18.3. The van der Waals surface area contributed by atoms with Gasteiger partial charge < -0.3 is 20.1 Å². The number of nitrogens with one attached hydrogen (secondary N) is 2. The van der Waals surface area contributed by atoms with Gasteiger partial charge in [0.25, 0.3) is 5.91 Å². The van der Waals surface area contributed by atoms with Gasteiger partial charge in [-0.2, -0.15) is 0 Å². The summed E-state index contributed by atoms with van der Waals surface area (Å²) in [7, 11) is 2.97. The fraction of sp³-hybridized carbons (Fsp3) is 0.200. The van der Waals surface area contributed by atoms with E-state index in [9.17, 15) is 14.0 Å². The van der Waals surface area contributed by atoms with Crippen molar-refractivity contribution in [1.29, 1.82) is 0 Å². The molecule has 0 radical (unpaired) electrons. The number of ether oxygens (including phenoxy) is 2. The second-order valence-electron chi connectivity index (χ2n) is 7.00. The summed E-state index contributed by atoms with van der Waals surface area (Å²) in [5.41, 5.74) is 0.993. The van der Waals surface area contributed by atoms with Gasteiger partial charge in [-0.1, -0.05) is 31.2 Å². The molecule has 3 rings (SSSR count). The van der Waals surface area contributed by atoms with Crippen LogP contribution in [0.25, 0.3) is 0 Å². The molecule has 8 heteroatoms. The smallest absolute Gasteiger partial charge is 0.263 e. The normalized spacial score (nSPS) is 11.4. The molecule has 0 fully saturated rings. The van der Waals surface area contributed by atoms with Gasteiger partial charge >= 0.3 is 0 Å². The maximum Gasteiger partial charge on any atom is 0.263 e. The first-order chi connectivity index (χ1) is 16.0. The van der Waals surface area contributed by atoms with Crippen molar-refractivity contribution in [2.45, 2.75) is 23.5 Å². The minimum Gasteiger partial charge on any atom is -0.496 e. The van der Waals surface area contributed by atoms with Crippen molar-refractivity contribution < 1.29 is 23.5 Å². The van der Waals surface area contributed by atoms with Crippen molar-refractivity contribution >= 4 is 35.0 Å². The number of halogens is 1. The van der Waals surface area contributed by atoms with E-state index in [4.69, 9.17) is 9.47 Å². The Kier molecular flexibility index (Phi) is 8.32. The predicted molar refractivity (Wildman–Crippen MR) is 129 cm³/mol. The number of amides is 2. The van der Waals surface area contributed by atoms with Crippen LogP contribution in [0.1, 0.15) is 23.7 Å². The maximum absolute atomic E-state index is 13.9. The Morgan fingerprint density at radius 2 is 1.61 bits per heavy atom. The van der Waals surface area contributed by atoms with Crippen LogP contribution >= 0.6 is 11.8 Å². The van der Waals surface area contributed by atoms with Crippen LogP contribution in [-0.2, 0) is 4.79 Å². The molecular formula is C25H25FN2O4S. The predicted octanol–water partition coefficient (Wildman–Crippen LogP) is 5.60. The molecule has 2 N–H and O–H groups in total. The maximum atomic E-state index is 13.9. The van der Waals surface area contributed by atoms with E-state index >= 15 is 0 Å². The van der Waals surface area contributed by atoms with E-state index < -0.39 is 11.1 Å². The van der Waals surface area contributed by atoms with Crippen molar-refractivity contribution in [1.82, 2.24) is 0 Å². The number of benzene rings is 3. The molecule has 0 aliphatic carbocycles. The molecule has 3 aromatic rings. The van der Waals surface area contributed by atoms with E-state index in [1.165, 1.54) is 38.1 Å². The molecule has 0 bridgehead atoms. The third kappa shape index (κ3) is 6.04. The Balaban J connectivity index is 1.73. The van der Waals surface area contributed by atoms with Gasteiger partial charge in [-0.15, -0.1) is 11.8 Å². The first-order valence-electron chi connectivity index (χ1n) is 10.3. The number of carbonyl (C=O) groups excluding carboxylic acids is 2. The lowest BCUT2D eigenvalue weighted by Crippen LogP contribution is -2.25. The van der Waals surface area contributed by atoms with E-state index in [0.717, 1.165) is 4.90 Å². The van der Waals surface area contributed by atoms with E-state index in [2.05, 4.69) is 10.6 Å². The molecule has 0 heterocycles. The molecule has 6 nitrogen and oxygen atoms in total. The van der Waals surface area contributed by atoms with Crippen LogP contribution in [0, 0.1) is 5.82 Å². The zero-order valence-corrected chi connectivity index (χ0v) is 19.4. The first kappa shape index (κ1) is 24.1. The summed E-state index contributed by atoms with van der Waals surface area (Å²) < 4.78 is 24.5. The van der Waals surface area contributed by atoms with Crippen molar-refractivity contribution in [2.24, 2.45) is 0 Å². The molecule has 0 saturated carbocycles. The largest absolute Gasteiger partial charge is 0.496 e. The quantitative estimate of drug-likeness (QED) is 0.400. The summed E-state index contributed by atoms with van der Waals surface area (Å²) in [5.74, 6) is -0.361. The number of hydrogen-bond acceptors (Lipinski definition) is 5. The molecule has 1 unspecified atom stereocenters. The third-order valence-corrected chi connectivity index (χ3v) is 6.18. The van der Waals surface area contributed by atoms with Crippen LogP contribution in [-0.4, -0.2) is 31.3 Å². The molecule has 0 spiro atoms. The van der Waals surface area contributed by atoms with Crippen LogP contribution in [0.3, 0.4) is 0 Å². The second-order valence-corrected chi connectivity index (χ2v) is 8.28. The van der Waals surface area contributed by atoms with Crippen molar-refractivity contribution in [3.63, 3.8) is 0 Å². The molecule has 2 amide bonds. The molecule has 3 aromatic carbocycles. The fourth-order valence-corrected chi connectivity index (χ4v) is 4.19. The lowest BCUT2D eigenvalue weighted by Gasteiger charge is -2.16. The van der Waals surface area contributed by atoms with Crippen molar-refractivity contribution in [3.8, 4) is 11.5 Å². The van der Waals surface area contributed by atoms with Gasteiger partial charge in [-0.05, 0) is 48.9 Å². The highest BCUT2D eigenvalue weighted by Gasteiger charge is 2.21. The average Bonchev–Trinajstić information content (AvgIpc) is 2.83. The SMILES string of the molecule is CCC(Sc1cccc(NC(=O)c2c(OC)cccc2OC)c1)C(=O)Nc1ccccc1F. The van der Waals surface area contributed by atoms with Gasteiger partial charge in [-0.25, -0.2) is 4.39 Å². The summed E-state index contributed by atoms with van der Waals surface area (Å²) in [6.07, 6.45) is 0.542. The Hall–Kier alpha value is -3.52. The molecule has 0 aliphatic rings. The van der Waals surface area contributed by atoms with E-state index in [1.54, 1.807) is 48.5 Å². The van der Waals surface area contributed by atoms with E-state index in [1.807, 2.05) is 13.0 Å². The number of thioether (sulfide) groups is 1. The number of anilines is 2. The molecular weight excluding hydrogens is 443 g/mol. The topological polar surface area (TPSA) is 76.7 Å². The molecule has 0 aromatic heterocycles. The van der Waals surface area contributed by atoms with Crippen molar-refractivity contribution in [2.75, 3.05) is 24.9 Å². The van der Waals surface area contributed by atoms with E-state index in [0.29, 0.717) is 23.6 Å². The average molecular weight is 469 g/mol. The highest BCUT2D eigenvalue weighted by Crippen LogP contribution is 2.31. The Morgan fingerprint density at radius 3 is 2.24 bits per heavy atom. The summed E-state index contributed by atoms with van der Waals surface area (Å²) >= 11 is 1.34. The molecule has 0 saturated heterocycles. The summed E-state index contributed by atoms with van der Waals surface area (Å²) in [4.78, 5) is 26.4. The second kappa shape index (κ2) is 11.4. The fourth-order valence-electron chi connectivity index (χ4n) is 3.18. The molecule has 33 heavy (non-hydrogen) atoms. The first-order valence-corrected chi connectivity index (χ1v) is 11.2. The van der Waals surface area contributed by atoms with Gasteiger partial charge in [0.05, 0.1) is 25.2 Å². The standard InChI is InChI=1S/C25H25FN2O4S/c1-4-22(24(29)28-19-12-6-5-11-18(19)26)33-17-10-7-9-16(15-17)27-25(30)23-20(31-2)13-8-14-21(23)32-3/h5-15,22H,4H2,1-3H3,(H,27,30)(H,28,29). The zero-order valence-electron chi connectivity index (χ0n) is 18.6. The highest BCUT2D eigenvalue weighted by molar-refractivity contribution is 8.00. The van der Waals surface area contributed by atoms with Gasteiger partial charge in [-0.3, -0.25) is 9.59 Å². The van der Waals surface area contributed by atoms with Gasteiger partial charge in [0.2, 0.25) is 5.91 Å². The summed E-state index contributed by atoms with van der Waals surface area (Å²) in [6.45, 7) is 1.89. The van der Waals surface area contributed by atoms with Crippen LogP contribution in [0.2, 0.25) is 0 Å². The van der Waals surface area contributed by atoms with Crippen molar-refractivity contribution in [3.05, 3.63) is 78.1 Å². The number of para-hydroxylation sites is 1. The Bertz CT molecular complexity index is 1120. The monoisotopic (exact) mass is 468 g/mol.